The molecule has 0 fully saturated rings. The summed E-state index contributed by atoms with van der Waals surface area (Å²) in [6.45, 7) is 1.65. The van der Waals surface area contributed by atoms with E-state index in [0.29, 0.717) is 16.9 Å². The highest BCUT2D eigenvalue weighted by Gasteiger charge is 2.16. The number of rotatable bonds is 5. The van der Waals surface area contributed by atoms with Gasteiger partial charge in [0.1, 0.15) is 5.75 Å². The number of para-hydroxylation sites is 1. The smallest absolute Gasteiger partial charge is 0.273 e. The number of benzene rings is 2. The Morgan fingerprint density at radius 2 is 1.95 bits per heavy atom. The zero-order valence-corrected chi connectivity index (χ0v) is 11.8. The molecule has 0 aliphatic carbocycles. The highest BCUT2D eigenvalue weighted by Crippen LogP contribution is 2.23. The van der Waals surface area contributed by atoms with Crippen LogP contribution in [-0.2, 0) is 6.42 Å². The van der Waals surface area contributed by atoms with Crippen molar-refractivity contribution in [2.45, 2.75) is 13.3 Å². The van der Waals surface area contributed by atoms with Gasteiger partial charge in [-0.15, -0.1) is 0 Å². The van der Waals surface area contributed by atoms with Crippen molar-refractivity contribution in [2.24, 2.45) is 0 Å². The number of nitro groups is 1. The van der Waals surface area contributed by atoms with Gasteiger partial charge in [0.15, 0.2) is 5.78 Å². The second-order valence-electron chi connectivity index (χ2n) is 4.67. The standard InChI is InChI=1S/C16H15NO4/c1-11-7-8-12(9-14(11)17(19)20)15(18)10-13-5-3-4-6-16(13)21-2/h3-9H,10H2,1-2H3. The van der Waals surface area contributed by atoms with Crippen molar-refractivity contribution in [1.29, 1.82) is 0 Å². The van der Waals surface area contributed by atoms with E-state index in [1.165, 1.54) is 6.07 Å². The van der Waals surface area contributed by atoms with Crippen LogP contribution in [0.4, 0.5) is 5.69 Å². The summed E-state index contributed by atoms with van der Waals surface area (Å²) >= 11 is 0. The van der Waals surface area contributed by atoms with Gasteiger partial charge in [-0.25, -0.2) is 0 Å². The fourth-order valence-electron chi connectivity index (χ4n) is 2.10. The third-order valence-corrected chi connectivity index (χ3v) is 3.27. The predicted octanol–water partition coefficient (Wildman–Crippen LogP) is 3.34. The van der Waals surface area contributed by atoms with Crippen molar-refractivity contribution in [3.05, 3.63) is 69.3 Å². The van der Waals surface area contributed by atoms with Gasteiger partial charge in [-0.2, -0.15) is 0 Å². The van der Waals surface area contributed by atoms with Gasteiger partial charge in [-0.3, -0.25) is 14.9 Å². The van der Waals surface area contributed by atoms with Crippen molar-refractivity contribution >= 4 is 11.5 Å². The average Bonchev–Trinajstić information content (AvgIpc) is 2.47. The van der Waals surface area contributed by atoms with E-state index in [2.05, 4.69) is 0 Å². The normalized spacial score (nSPS) is 10.2. The third-order valence-electron chi connectivity index (χ3n) is 3.27. The molecule has 0 aliphatic heterocycles. The fraction of sp³-hybridized carbons (Fsp3) is 0.188. The van der Waals surface area contributed by atoms with Crippen LogP contribution in [0.25, 0.3) is 0 Å². The lowest BCUT2D eigenvalue weighted by Gasteiger charge is -2.07. The SMILES string of the molecule is COc1ccccc1CC(=O)c1ccc(C)c([N+](=O)[O-])c1. The Hall–Kier alpha value is -2.69. The van der Waals surface area contributed by atoms with Gasteiger partial charge in [0.25, 0.3) is 5.69 Å². The van der Waals surface area contributed by atoms with Crippen LogP contribution in [0.1, 0.15) is 21.5 Å². The Balaban J connectivity index is 2.29. The lowest BCUT2D eigenvalue weighted by Crippen LogP contribution is -2.06. The first kappa shape index (κ1) is 14.7. The lowest BCUT2D eigenvalue weighted by molar-refractivity contribution is -0.385. The molecule has 0 aliphatic rings. The van der Waals surface area contributed by atoms with Crippen LogP contribution in [0.5, 0.6) is 5.75 Å². The van der Waals surface area contributed by atoms with Crippen molar-refractivity contribution < 1.29 is 14.5 Å². The molecule has 2 aromatic carbocycles. The van der Waals surface area contributed by atoms with Crippen molar-refractivity contribution in [3.8, 4) is 5.75 Å². The van der Waals surface area contributed by atoms with Crippen molar-refractivity contribution in [1.82, 2.24) is 0 Å². The first-order valence-corrected chi connectivity index (χ1v) is 6.43. The van der Waals surface area contributed by atoms with Crippen LogP contribution < -0.4 is 4.74 Å². The number of Topliss-reactive ketones (excluding diaryl/α,β-unsaturated/α-hetero) is 1. The molecule has 0 amide bonds. The molecule has 0 N–H and O–H groups in total. The van der Waals surface area contributed by atoms with Gasteiger partial charge < -0.3 is 4.74 Å². The number of hydrogen-bond acceptors (Lipinski definition) is 4. The number of nitrogens with zero attached hydrogens (tertiary/aromatic N) is 1. The molecule has 0 bridgehead atoms. The summed E-state index contributed by atoms with van der Waals surface area (Å²) < 4.78 is 5.20. The number of methoxy groups -OCH3 is 1. The second kappa shape index (κ2) is 6.17. The number of aryl methyl sites for hydroxylation is 1. The molecule has 5 heteroatoms. The van der Waals surface area contributed by atoms with Gasteiger partial charge in [-0.1, -0.05) is 30.3 Å². The van der Waals surface area contributed by atoms with Crippen LogP contribution >= 0.6 is 0 Å². The summed E-state index contributed by atoms with van der Waals surface area (Å²) in [7, 11) is 1.54. The minimum Gasteiger partial charge on any atom is -0.496 e. The Labute approximate surface area is 122 Å². The number of ketones is 1. The first-order valence-electron chi connectivity index (χ1n) is 6.43. The number of nitro benzene ring substituents is 1. The monoisotopic (exact) mass is 285 g/mol. The average molecular weight is 285 g/mol. The molecule has 0 spiro atoms. The van der Waals surface area contributed by atoms with E-state index in [0.717, 1.165) is 5.56 Å². The van der Waals surface area contributed by atoms with E-state index in [-0.39, 0.29) is 17.9 Å². The summed E-state index contributed by atoms with van der Waals surface area (Å²) in [5.41, 5.74) is 1.58. The zero-order valence-electron chi connectivity index (χ0n) is 11.8. The minimum absolute atomic E-state index is 0.0409. The molecule has 2 aromatic rings. The summed E-state index contributed by atoms with van der Waals surface area (Å²) in [4.78, 5) is 22.7. The number of carbonyl (C=O) groups excluding carboxylic acids is 1. The minimum atomic E-state index is -0.477. The molecular weight excluding hydrogens is 270 g/mol. The Bertz CT molecular complexity index is 694. The van der Waals surface area contributed by atoms with Crippen LogP contribution in [-0.4, -0.2) is 17.8 Å². The number of hydrogen-bond donors (Lipinski definition) is 0. The Kier molecular flexibility index (Phi) is 4.33. The summed E-state index contributed by atoms with van der Waals surface area (Å²) in [6.07, 6.45) is 0.143. The van der Waals surface area contributed by atoms with E-state index in [1.807, 2.05) is 12.1 Å². The predicted molar refractivity (Wildman–Crippen MR) is 78.9 cm³/mol. The topological polar surface area (TPSA) is 69.4 Å². The molecule has 0 unspecified atom stereocenters. The molecular formula is C16H15NO4. The summed E-state index contributed by atoms with van der Waals surface area (Å²) in [5, 5.41) is 10.9. The molecule has 5 nitrogen and oxygen atoms in total. The molecule has 0 saturated heterocycles. The fourth-order valence-corrected chi connectivity index (χ4v) is 2.10. The molecule has 0 aromatic heterocycles. The molecule has 108 valence electrons. The molecule has 0 saturated carbocycles. The van der Waals surface area contributed by atoms with E-state index < -0.39 is 4.92 Å². The van der Waals surface area contributed by atoms with Crippen molar-refractivity contribution in [2.75, 3.05) is 7.11 Å². The molecule has 0 radical (unpaired) electrons. The third kappa shape index (κ3) is 3.25. The van der Waals surface area contributed by atoms with Gasteiger partial charge in [-0.05, 0) is 13.0 Å². The van der Waals surface area contributed by atoms with Crippen LogP contribution in [0, 0.1) is 17.0 Å². The van der Waals surface area contributed by atoms with Crippen LogP contribution in [0.15, 0.2) is 42.5 Å². The van der Waals surface area contributed by atoms with Gasteiger partial charge in [0, 0.05) is 29.2 Å². The largest absolute Gasteiger partial charge is 0.496 e. The van der Waals surface area contributed by atoms with Crippen LogP contribution in [0.2, 0.25) is 0 Å². The quantitative estimate of drug-likeness (QED) is 0.480. The molecule has 0 heterocycles. The number of carbonyl (C=O) groups is 1. The molecule has 0 atom stereocenters. The summed E-state index contributed by atoms with van der Waals surface area (Å²) in [6, 6.07) is 11.8. The van der Waals surface area contributed by atoms with E-state index in [1.54, 1.807) is 38.3 Å². The summed E-state index contributed by atoms with van der Waals surface area (Å²) in [5.74, 6) is 0.454. The van der Waals surface area contributed by atoms with Crippen LogP contribution in [0.3, 0.4) is 0 Å². The Morgan fingerprint density at radius 1 is 1.24 bits per heavy atom. The van der Waals surface area contributed by atoms with Gasteiger partial charge in [0.05, 0.1) is 12.0 Å². The first-order chi connectivity index (χ1) is 10.0. The van der Waals surface area contributed by atoms with E-state index in [9.17, 15) is 14.9 Å². The van der Waals surface area contributed by atoms with E-state index in [4.69, 9.17) is 4.74 Å². The maximum absolute atomic E-state index is 12.3. The van der Waals surface area contributed by atoms with Crippen molar-refractivity contribution in [3.63, 3.8) is 0 Å². The number of ether oxygens (including phenoxy) is 1. The second-order valence-corrected chi connectivity index (χ2v) is 4.67. The van der Waals surface area contributed by atoms with E-state index >= 15 is 0 Å². The molecule has 2 rings (SSSR count). The lowest BCUT2D eigenvalue weighted by atomic mass is 10.0. The maximum atomic E-state index is 12.3. The molecule has 21 heavy (non-hydrogen) atoms. The van der Waals surface area contributed by atoms with Gasteiger partial charge in [0.2, 0.25) is 0 Å². The van der Waals surface area contributed by atoms with Gasteiger partial charge >= 0.3 is 0 Å². The highest BCUT2D eigenvalue weighted by atomic mass is 16.6. The zero-order chi connectivity index (χ0) is 15.4. The maximum Gasteiger partial charge on any atom is 0.273 e. The highest BCUT2D eigenvalue weighted by molar-refractivity contribution is 5.98. The Morgan fingerprint density at radius 3 is 2.62 bits per heavy atom.